The molecule has 1 aliphatic carbocycles. The van der Waals surface area contributed by atoms with Gasteiger partial charge in [0.05, 0.1) is 18.5 Å². The van der Waals surface area contributed by atoms with Crippen molar-refractivity contribution in [3.63, 3.8) is 0 Å². The number of nitrogens with one attached hydrogen (secondary N) is 1. The predicted octanol–water partition coefficient (Wildman–Crippen LogP) is 4.13. The number of ether oxygens (including phenoxy) is 1. The highest BCUT2D eigenvalue weighted by atomic mass is 32.2. The van der Waals surface area contributed by atoms with Gasteiger partial charge in [0.25, 0.3) is 0 Å². The molecule has 1 saturated heterocycles. The summed E-state index contributed by atoms with van der Waals surface area (Å²) in [5.74, 6) is 0.346. The van der Waals surface area contributed by atoms with E-state index in [1.807, 2.05) is 43.3 Å². The Morgan fingerprint density at radius 2 is 1.93 bits per heavy atom. The van der Waals surface area contributed by atoms with Gasteiger partial charge in [0.1, 0.15) is 11.0 Å². The quantitative estimate of drug-likeness (QED) is 0.779. The summed E-state index contributed by atoms with van der Waals surface area (Å²) in [4.78, 5) is 32.0. The lowest BCUT2D eigenvalue weighted by Gasteiger charge is -2.15. The molecule has 2 aromatic rings. The molecule has 1 N–H and O–H groups in total. The monoisotopic (exact) mass is 409 g/mol. The Labute approximate surface area is 174 Å². The summed E-state index contributed by atoms with van der Waals surface area (Å²) in [7, 11) is 1.56. The van der Waals surface area contributed by atoms with E-state index in [-0.39, 0.29) is 24.3 Å². The van der Waals surface area contributed by atoms with E-state index in [2.05, 4.69) is 5.32 Å². The average molecular weight is 410 g/mol. The third-order valence-electron chi connectivity index (χ3n) is 4.89. The number of amidine groups is 1. The first-order chi connectivity index (χ1) is 14.0. The molecule has 1 heterocycles. The number of carbonyl (C=O) groups is 2. The molecule has 150 valence electrons. The molecule has 7 heteroatoms. The fourth-order valence-corrected chi connectivity index (χ4v) is 4.42. The summed E-state index contributed by atoms with van der Waals surface area (Å²) in [6.45, 7) is 2.03. The van der Waals surface area contributed by atoms with Crippen LogP contribution in [0, 0.1) is 6.92 Å². The standard InChI is InChI=1S/C22H23N3O3S/c1-14-7-9-15(10-8-14)23-22-25(16-11-12-16)21(27)19(29-22)13-20(26)24-17-5-3-4-6-18(17)28-2/h3-10,16,19H,11-13H2,1-2H3,(H,24,26)/t19-/m0/s1. The van der Waals surface area contributed by atoms with Crippen LogP contribution in [-0.2, 0) is 9.59 Å². The van der Waals surface area contributed by atoms with Gasteiger partial charge in [0.2, 0.25) is 11.8 Å². The Balaban J connectivity index is 1.48. The van der Waals surface area contributed by atoms with Crippen LogP contribution in [0.3, 0.4) is 0 Å². The Morgan fingerprint density at radius 3 is 2.62 bits per heavy atom. The Kier molecular flexibility index (Phi) is 5.58. The van der Waals surface area contributed by atoms with Crippen molar-refractivity contribution in [2.75, 3.05) is 12.4 Å². The van der Waals surface area contributed by atoms with Crippen molar-refractivity contribution in [2.45, 2.75) is 37.5 Å². The van der Waals surface area contributed by atoms with Gasteiger partial charge in [-0.2, -0.15) is 0 Å². The van der Waals surface area contributed by atoms with Crippen LogP contribution in [0.15, 0.2) is 53.5 Å². The van der Waals surface area contributed by atoms with Crippen LogP contribution in [0.25, 0.3) is 0 Å². The summed E-state index contributed by atoms with van der Waals surface area (Å²) in [6.07, 6.45) is 2.07. The van der Waals surface area contributed by atoms with Gasteiger partial charge < -0.3 is 10.1 Å². The predicted molar refractivity (Wildman–Crippen MR) is 116 cm³/mol. The number of hydrogen-bond acceptors (Lipinski definition) is 5. The van der Waals surface area contributed by atoms with Crippen molar-refractivity contribution in [3.05, 3.63) is 54.1 Å². The first kappa shape index (κ1) is 19.5. The number of methoxy groups -OCH3 is 1. The van der Waals surface area contributed by atoms with Gasteiger partial charge in [0, 0.05) is 12.5 Å². The van der Waals surface area contributed by atoms with Crippen molar-refractivity contribution >= 4 is 40.1 Å². The minimum atomic E-state index is -0.463. The van der Waals surface area contributed by atoms with Gasteiger partial charge in [-0.3, -0.25) is 14.5 Å². The lowest BCUT2D eigenvalue weighted by molar-refractivity contribution is -0.128. The van der Waals surface area contributed by atoms with Crippen LogP contribution >= 0.6 is 11.8 Å². The van der Waals surface area contributed by atoms with Crippen LogP contribution in [0.5, 0.6) is 5.75 Å². The zero-order valence-corrected chi connectivity index (χ0v) is 17.2. The number of para-hydroxylation sites is 2. The minimum Gasteiger partial charge on any atom is -0.495 e. The second kappa shape index (κ2) is 8.29. The molecule has 2 amide bonds. The summed E-state index contributed by atoms with van der Waals surface area (Å²) in [6, 6.07) is 15.3. The Bertz CT molecular complexity index is 954. The zero-order valence-electron chi connectivity index (χ0n) is 16.4. The largest absolute Gasteiger partial charge is 0.495 e. The maximum atomic E-state index is 13.0. The van der Waals surface area contributed by atoms with Crippen molar-refractivity contribution in [2.24, 2.45) is 4.99 Å². The van der Waals surface area contributed by atoms with E-state index in [0.29, 0.717) is 16.6 Å². The van der Waals surface area contributed by atoms with Crippen LogP contribution in [0.2, 0.25) is 0 Å². The number of carbonyl (C=O) groups excluding carboxylic acids is 2. The van der Waals surface area contributed by atoms with Crippen molar-refractivity contribution in [3.8, 4) is 5.75 Å². The summed E-state index contributed by atoms with van der Waals surface area (Å²) < 4.78 is 5.27. The topological polar surface area (TPSA) is 71.0 Å². The van der Waals surface area contributed by atoms with Crippen molar-refractivity contribution < 1.29 is 14.3 Å². The van der Waals surface area contributed by atoms with E-state index in [1.165, 1.54) is 11.8 Å². The highest BCUT2D eigenvalue weighted by molar-refractivity contribution is 8.15. The molecule has 0 unspecified atom stereocenters. The van der Waals surface area contributed by atoms with Crippen molar-refractivity contribution in [1.82, 2.24) is 4.90 Å². The number of benzene rings is 2. The molecule has 6 nitrogen and oxygen atoms in total. The van der Waals surface area contributed by atoms with E-state index >= 15 is 0 Å². The molecule has 2 aromatic carbocycles. The molecule has 2 aliphatic rings. The molecule has 1 atom stereocenters. The molecule has 1 aliphatic heterocycles. The second-order valence-electron chi connectivity index (χ2n) is 7.23. The van der Waals surface area contributed by atoms with Crippen LogP contribution in [0.1, 0.15) is 24.8 Å². The highest BCUT2D eigenvalue weighted by Gasteiger charge is 2.46. The lowest BCUT2D eigenvalue weighted by atomic mass is 10.2. The SMILES string of the molecule is COc1ccccc1NC(=O)C[C@@H]1SC(=Nc2ccc(C)cc2)N(C2CC2)C1=O. The highest BCUT2D eigenvalue weighted by Crippen LogP contribution is 2.39. The molecule has 0 aromatic heterocycles. The molecule has 2 fully saturated rings. The smallest absolute Gasteiger partial charge is 0.242 e. The van der Waals surface area contributed by atoms with E-state index in [4.69, 9.17) is 9.73 Å². The number of anilines is 1. The van der Waals surface area contributed by atoms with E-state index in [0.717, 1.165) is 24.1 Å². The van der Waals surface area contributed by atoms with Gasteiger partial charge in [-0.15, -0.1) is 0 Å². The lowest BCUT2D eigenvalue weighted by Crippen LogP contribution is -2.35. The van der Waals surface area contributed by atoms with Gasteiger partial charge >= 0.3 is 0 Å². The zero-order chi connectivity index (χ0) is 20.4. The molecule has 1 saturated carbocycles. The van der Waals surface area contributed by atoms with Crippen molar-refractivity contribution in [1.29, 1.82) is 0 Å². The molecular formula is C22H23N3O3S. The number of aliphatic imine (C=N–C) groups is 1. The fourth-order valence-electron chi connectivity index (χ4n) is 3.21. The molecule has 4 rings (SSSR count). The van der Waals surface area contributed by atoms with Gasteiger partial charge in [-0.1, -0.05) is 41.6 Å². The van der Waals surface area contributed by atoms with Crippen LogP contribution < -0.4 is 10.1 Å². The molecule has 0 spiro atoms. The Morgan fingerprint density at radius 1 is 1.21 bits per heavy atom. The molecule has 29 heavy (non-hydrogen) atoms. The Hall–Kier alpha value is -2.80. The summed E-state index contributed by atoms with van der Waals surface area (Å²) in [5, 5.41) is 3.08. The number of thioether (sulfide) groups is 1. The van der Waals surface area contributed by atoms with E-state index in [1.54, 1.807) is 24.1 Å². The first-order valence-corrected chi connectivity index (χ1v) is 10.5. The number of rotatable bonds is 6. The third kappa shape index (κ3) is 4.45. The van der Waals surface area contributed by atoms with Gasteiger partial charge in [-0.25, -0.2) is 4.99 Å². The average Bonchev–Trinajstić information content (AvgIpc) is 3.50. The second-order valence-corrected chi connectivity index (χ2v) is 8.40. The van der Waals surface area contributed by atoms with Crippen LogP contribution in [0.4, 0.5) is 11.4 Å². The number of nitrogens with zero attached hydrogens (tertiary/aromatic N) is 2. The third-order valence-corrected chi connectivity index (χ3v) is 6.04. The maximum Gasteiger partial charge on any atom is 0.242 e. The maximum absolute atomic E-state index is 13.0. The molecular weight excluding hydrogens is 386 g/mol. The normalized spacial score (nSPS) is 20.2. The number of amides is 2. The van der Waals surface area contributed by atoms with Gasteiger partial charge in [-0.05, 0) is 44.0 Å². The fraction of sp³-hybridized carbons (Fsp3) is 0.318. The summed E-state index contributed by atoms with van der Waals surface area (Å²) in [5.41, 5.74) is 2.58. The minimum absolute atomic E-state index is 0.0291. The van der Waals surface area contributed by atoms with Gasteiger partial charge in [0.15, 0.2) is 5.17 Å². The van der Waals surface area contributed by atoms with E-state index < -0.39 is 5.25 Å². The summed E-state index contributed by atoms with van der Waals surface area (Å²) >= 11 is 1.38. The number of aryl methyl sites for hydroxylation is 1. The number of hydrogen-bond donors (Lipinski definition) is 1. The van der Waals surface area contributed by atoms with Crippen LogP contribution in [-0.4, -0.2) is 40.3 Å². The molecule has 0 radical (unpaired) electrons. The van der Waals surface area contributed by atoms with E-state index in [9.17, 15) is 9.59 Å². The molecule has 0 bridgehead atoms. The first-order valence-electron chi connectivity index (χ1n) is 9.63.